The zero-order chi connectivity index (χ0) is 12.3. The summed E-state index contributed by atoms with van der Waals surface area (Å²) in [6.45, 7) is 4.17. The maximum absolute atomic E-state index is 11.6. The van der Waals surface area contributed by atoms with Crippen LogP contribution in [0.3, 0.4) is 0 Å². The van der Waals surface area contributed by atoms with Gasteiger partial charge in [0.05, 0.1) is 12.5 Å². The van der Waals surface area contributed by atoms with Gasteiger partial charge in [-0.2, -0.15) is 0 Å². The number of fused-ring (bicyclic) bond motifs is 1. The fraction of sp³-hybridized carbons (Fsp3) is 0.357. The number of hydrogen-bond acceptors (Lipinski definition) is 2. The highest BCUT2D eigenvalue weighted by Gasteiger charge is 2.16. The Hall–Kier alpha value is -1.77. The van der Waals surface area contributed by atoms with Gasteiger partial charge in [0, 0.05) is 17.1 Å². The molecule has 3 nitrogen and oxygen atoms in total. The zero-order valence-corrected chi connectivity index (χ0v) is 10.2. The molecule has 0 aliphatic heterocycles. The molecule has 1 aromatic heterocycles. The summed E-state index contributed by atoms with van der Waals surface area (Å²) in [6, 6.07) is 8.11. The summed E-state index contributed by atoms with van der Waals surface area (Å²) >= 11 is 0. The molecule has 0 bridgehead atoms. The van der Waals surface area contributed by atoms with Crippen LogP contribution in [0.25, 0.3) is 10.9 Å². The normalized spacial score (nSPS) is 12.6. The van der Waals surface area contributed by atoms with Crippen molar-refractivity contribution in [1.82, 2.24) is 4.98 Å². The minimum Gasteiger partial charge on any atom is -0.466 e. The number of ether oxygens (including phenoxy) is 1. The van der Waals surface area contributed by atoms with Crippen LogP contribution < -0.4 is 0 Å². The monoisotopic (exact) mass is 231 g/mol. The predicted molar refractivity (Wildman–Crippen MR) is 67.8 cm³/mol. The molecule has 1 atom stereocenters. The van der Waals surface area contributed by atoms with Crippen LogP contribution in [0, 0.1) is 5.92 Å². The average Bonchev–Trinajstić information content (AvgIpc) is 2.73. The van der Waals surface area contributed by atoms with Crippen LogP contribution in [0.1, 0.15) is 19.4 Å². The third-order valence-corrected chi connectivity index (χ3v) is 2.89. The molecule has 90 valence electrons. The molecule has 17 heavy (non-hydrogen) atoms. The van der Waals surface area contributed by atoms with E-state index in [4.69, 9.17) is 4.74 Å². The Labute approximate surface area is 101 Å². The summed E-state index contributed by atoms with van der Waals surface area (Å²) in [5, 5.41) is 1.18. The van der Waals surface area contributed by atoms with Crippen LogP contribution in [0.5, 0.6) is 0 Å². The van der Waals surface area contributed by atoms with Gasteiger partial charge in [-0.1, -0.05) is 25.1 Å². The molecule has 0 saturated carbocycles. The van der Waals surface area contributed by atoms with E-state index in [1.165, 1.54) is 10.9 Å². The number of para-hydroxylation sites is 1. The first-order valence-corrected chi connectivity index (χ1v) is 5.94. The number of esters is 1. The molecular formula is C14H17NO2. The van der Waals surface area contributed by atoms with Crippen molar-refractivity contribution in [3.63, 3.8) is 0 Å². The molecule has 0 radical (unpaired) electrons. The maximum Gasteiger partial charge on any atom is 0.308 e. The highest BCUT2D eigenvalue weighted by molar-refractivity contribution is 5.83. The van der Waals surface area contributed by atoms with Gasteiger partial charge >= 0.3 is 5.97 Å². The number of H-pyrrole nitrogens is 1. The number of rotatable bonds is 4. The van der Waals surface area contributed by atoms with Crippen LogP contribution >= 0.6 is 0 Å². The number of nitrogens with one attached hydrogen (secondary N) is 1. The average molecular weight is 231 g/mol. The van der Waals surface area contributed by atoms with Crippen molar-refractivity contribution in [1.29, 1.82) is 0 Å². The van der Waals surface area contributed by atoms with Gasteiger partial charge in [0.2, 0.25) is 0 Å². The SMILES string of the molecule is CCOC(=O)[C@@H](C)Cc1c[nH]c2ccccc12. The molecule has 1 N–H and O–H groups in total. The number of carbonyl (C=O) groups excluding carboxylic acids is 1. The Morgan fingerprint density at radius 1 is 1.41 bits per heavy atom. The summed E-state index contributed by atoms with van der Waals surface area (Å²) in [4.78, 5) is 14.8. The van der Waals surface area contributed by atoms with Crippen molar-refractivity contribution in [3.8, 4) is 0 Å². The number of benzene rings is 1. The van der Waals surface area contributed by atoms with Gasteiger partial charge in [0.15, 0.2) is 0 Å². The van der Waals surface area contributed by atoms with Crippen molar-refractivity contribution in [2.45, 2.75) is 20.3 Å². The van der Waals surface area contributed by atoms with Gasteiger partial charge in [0.25, 0.3) is 0 Å². The van der Waals surface area contributed by atoms with Gasteiger partial charge in [-0.3, -0.25) is 4.79 Å². The Balaban J connectivity index is 2.16. The van der Waals surface area contributed by atoms with E-state index in [9.17, 15) is 4.79 Å². The molecule has 0 aliphatic carbocycles. The smallest absolute Gasteiger partial charge is 0.308 e. The highest BCUT2D eigenvalue weighted by atomic mass is 16.5. The summed E-state index contributed by atoms with van der Waals surface area (Å²) < 4.78 is 5.02. The fourth-order valence-corrected chi connectivity index (χ4v) is 2.00. The highest BCUT2D eigenvalue weighted by Crippen LogP contribution is 2.21. The van der Waals surface area contributed by atoms with Gasteiger partial charge in [0.1, 0.15) is 0 Å². The van der Waals surface area contributed by atoms with Crippen molar-refractivity contribution in [3.05, 3.63) is 36.0 Å². The number of aromatic nitrogens is 1. The first-order chi connectivity index (χ1) is 8.22. The Morgan fingerprint density at radius 2 is 2.18 bits per heavy atom. The molecule has 3 heteroatoms. The van der Waals surface area contributed by atoms with Crippen LogP contribution in [0.4, 0.5) is 0 Å². The lowest BCUT2D eigenvalue weighted by Gasteiger charge is -2.09. The largest absolute Gasteiger partial charge is 0.466 e. The molecule has 0 unspecified atom stereocenters. The van der Waals surface area contributed by atoms with Gasteiger partial charge in [-0.25, -0.2) is 0 Å². The summed E-state index contributed by atoms with van der Waals surface area (Å²) in [5.41, 5.74) is 2.28. The minimum absolute atomic E-state index is 0.103. The molecule has 2 rings (SSSR count). The number of hydrogen-bond donors (Lipinski definition) is 1. The molecule has 0 amide bonds. The Kier molecular flexibility index (Phi) is 3.47. The van der Waals surface area contributed by atoms with E-state index in [-0.39, 0.29) is 11.9 Å². The third-order valence-electron chi connectivity index (χ3n) is 2.89. The molecule has 0 spiro atoms. The number of aromatic amines is 1. The predicted octanol–water partition coefficient (Wildman–Crippen LogP) is 2.91. The standard InChI is InChI=1S/C14H17NO2/c1-3-17-14(16)10(2)8-11-9-15-13-7-5-4-6-12(11)13/h4-7,9-10,15H,3,8H2,1-2H3/t10-/m0/s1. The first kappa shape index (κ1) is 11.7. The molecule has 0 saturated heterocycles. The van der Waals surface area contributed by atoms with E-state index in [1.807, 2.05) is 38.2 Å². The van der Waals surface area contributed by atoms with Crippen molar-refractivity contribution in [2.75, 3.05) is 6.61 Å². The van der Waals surface area contributed by atoms with E-state index >= 15 is 0 Å². The quantitative estimate of drug-likeness (QED) is 0.822. The van der Waals surface area contributed by atoms with E-state index < -0.39 is 0 Å². The fourth-order valence-electron chi connectivity index (χ4n) is 2.00. The van der Waals surface area contributed by atoms with Crippen LogP contribution in [0.2, 0.25) is 0 Å². The molecule has 2 aromatic rings. The second-order valence-corrected chi connectivity index (χ2v) is 4.22. The summed E-state index contributed by atoms with van der Waals surface area (Å²) in [7, 11) is 0. The third kappa shape index (κ3) is 2.49. The second-order valence-electron chi connectivity index (χ2n) is 4.22. The first-order valence-electron chi connectivity index (χ1n) is 5.94. The maximum atomic E-state index is 11.6. The van der Waals surface area contributed by atoms with Crippen molar-refractivity contribution < 1.29 is 9.53 Å². The molecule has 1 aromatic carbocycles. The lowest BCUT2D eigenvalue weighted by atomic mass is 10.0. The molecule has 0 aliphatic rings. The van der Waals surface area contributed by atoms with Crippen molar-refractivity contribution >= 4 is 16.9 Å². The van der Waals surface area contributed by atoms with Crippen molar-refractivity contribution in [2.24, 2.45) is 5.92 Å². The second kappa shape index (κ2) is 5.04. The topological polar surface area (TPSA) is 42.1 Å². The molecule has 0 fully saturated rings. The molecule has 1 heterocycles. The number of carbonyl (C=O) groups is 1. The van der Waals surface area contributed by atoms with Crippen LogP contribution in [-0.4, -0.2) is 17.6 Å². The van der Waals surface area contributed by atoms with Gasteiger partial charge in [-0.15, -0.1) is 0 Å². The Bertz CT molecular complexity index is 516. The lowest BCUT2D eigenvalue weighted by Crippen LogP contribution is -2.16. The van der Waals surface area contributed by atoms with E-state index in [0.717, 1.165) is 5.52 Å². The zero-order valence-electron chi connectivity index (χ0n) is 10.2. The molecular weight excluding hydrogens is 214 g/mol. The van der Waals surface area contributed by atoms with E-state index in [0.29, 0.717) is 13.0 Å². The Morgan fingerprint density at radius 3 is 2.94 bits per heavy atom. The van der Waals surface area contributed by atoms with Crippen LogP contribution in [-0.2, 0) is 16.0 Å². The van der Waals surface area contributed by atoms with Gasteiger partial charge < -0.3 is 9.72 Å². The summed E-state index contributed by atoms with van der Waals surface area (Å²) in [6.07, 6.45) is 2.68. The van der Waals surface area contributed by atoms with E-state index in [2.05, 4.69) is 11.1 Å². The summed E-state index contributed by atoms with van der Waals surface area (Å²) in [5.74, 6) is -0.230. The lowest BCUT2D eigenvalue weighted by molar-refractivity contribution is -0.147. The van der Waals surface area contributed by atoms with Crippen LogP contribution in [0.15, 0.2) is 30.5 Å². The van der Waals surface area contributed by atoms with Gasteiger partial charge in [-0.05, 0) is 25.0 Å². The minimum atomic E-state index is -0.127. The van der Waals surface area contributed by atoms with E-state index in [1.54, 1.807) is 0 Å².